The number of hydrogen-bond acceptors (Lipinski definition) is 3. The van der Waals surface area contributed by atoms with E-state index < -0.39 is 0 Å². The topological polar surface area (TPSA) is 58.6 Å². The molecule has 1 aromatic carbocycles. The van der Waals surface area contributed by atoms with Crippen molar-refractivity contribution in [2.24, 2.45) is 5.92 Å². The van der Waals surface area contributed by atoms with Gasteiger partial charge in [0.25, 0.3) is 0 Å². The SMILES string of the molecule is CN1C[C@H](C(=O)NCC2(c3ccc(F)cc3)CCOCC2)CC1=O. The van der Waals surface area contributed by atoms with Crippen molar-refractivity contribution in [1.82, 2.24) is 10.2 Å². The minimum absolute atomic E-state index is 0.00876. The van der Waals surface area contributed by atoms with Gasteiger partial charge in [-0.05, 0) is 30.5 Å². The number of amides is 2. The molecule has 0 aromatic heterocycles. The lowest BCUT2D eigenvalue weighted by molar-refractivity contribution is -0.128. The molecule has 2 amide bonds. The van der Waals surface area contributed by atoms with Crippen LogP contribution in [0, 0.1) is 11.7 Å². The molecule has 6 heteroatoms. The van der Waals surface area contributed by atoms with Gasteiger partial charge in [0.05, 0.1) is 5.92 Å². The average Bonchev–Trinajstić information content (AvgIpc) is 2.93. The zero-order valence-electron chi connectivity index (χ0n) is 13.9. The fourth-order valence-corrected chi connectivity index (χ4v) is 3.57. The van der Waals surface area contributed by atoms with E-state index in [0.717, 1.165) is 18.4 Å². The van der Waals surface area contributed by atoms with E-state index in [0.29, 0.717) is 26.3 Å². The molecule has 1 atom stereocenters. The zero-order valence-corrected chi connectivity index (χ0v) is 13.9. The lowest BCUT2D eigenvalue weighted by Gasteiger charge is -2.38. The van der Waals surface area contributed by atoms with E-state index in [-0.39, 0.29) is 35.4 Å². The lowest BCUT2D eigenvalue weighted by Crippen LogP contribution is -2.46. The molecule has 0 bridgehead atoms. The second kappa shape index (κ2) is 6.89. The van der Waals surface area contributed by atoms with Gasteiger partial charge in [0.1, 0.15) is 5.82 Å². The van der Waals surface area contributed by atoms with Crippen LogP contribution in [0.2, 0.25) is 0 Å². The van der Waals surface area contributed by atoms with Crippen LogP contribution < -0.4 is 5.32 Å². The summed E-state index contributed by atoms with van der Waals surface area (Å²) >= 11 is 0. The number of carbonyl (C=O) groups excluding carboxylic acids is 2. The van der Waals surface area contributed by atoms with Gasteiger partial charge in [-0.2, -0.15) is 0 Å². The second-order valence-electron chi connectivity index (χ2n) is 6.79. The largest absolute Gasteiger partial charge is 0.381 e. The molecule has 24 heavy (non-hydrogen) atoms. The summed E-state index contributed by atoms with van der Waals surface area (Å²) in [6.07, 6.45) is 1.83. The minimum atomic E-state index is -0.285. The van der Waals surface area contributed by atoms with Gasteiger partial charge >= 0.3 is 0 Å². The van der Waals surface area contributed by atoms with E-state index in [2.05, 4.69) is 5.32 Å². The van der Waals surface area contributed by atoms with Gasteiger partial charge < -0.3 is 15.0 Å². The molecule has 2 aliphatic heterocycles. The van der Waals surface area contributed by atoms with Crippen LogP contribution in [0.3, 0.4) is 0 Å². The fraction of sp³-hybridized carbons (Fsp3) is 0.556. The van der Waals surface area contributed by atoms with Crippen LogP contribution in [0.1, 0.15) is 24.8 Å². The number of carbonyl (C=O) groups is 2. The highest BCUT2D eigenvalue weighted by Gasteiger charge is 2.37. The number of nitrogens with zero attached hydrogens (tertiary/aromatic N) is 1. The van der Waals surface area contributed by atoms with Crippen molar-refractivity contribution in [1.29, 1.82) is 0 Å². The number of benzene rings is 1. The number of hydrogen-bond donors (Lipinski definition) is 1. The third-order valence-corrected chi connectivity index (χ3v) is 5.22. The molecule has 2 fully saturated rings. The molecule has 1 aromatic rings. The number of rotatable bonds is 4. The minimum Gasteiger partial charge on any atom is -0.381 e. The molecule has 0 spiro atoms. The first-order valence-corrected chi connectivity index (χ1v) is 8.36. The second-order valence-corrected chi connectivity index (χ2v) is 6.79. The normalized spacial score (nSPS) is 23.3. The number of ether oxygens (including phenoxy) is 1. The molecular weight excluding hydrogens is 311 g/mol. The Morgan fingerprint density at radius 1 is 1.33 bits per heavy atom. The Kier molecular flexibility index (Phi) is 4.85. The van der Waals surface area contributed by atoms with Crippen molar-refractivity contribution in [3.05, 3.63) is 35.6 Å². The maximum Gasteiger partial charge on any atom is 0.225 e. The van der Waals surface area contributed by atoms with E-state index in [1.165, 1.54) is 12.1 Å². The molecule has 0 aliphatic carbocycles. The Labute approximate surface area is 141 Å². The molecule has 1 N–H and O–H groups in total. The van der Waals surface area contributed by atoms with Crippen LogP contribution in [0.15, 0.2) is 24.3 Å². The molecule has 0 unspecified atom stereocenters. The summed E-state index contributed by atoms with van der Waals surface area (Å²) in [6.45, 7) is 2.20. The Morgan fingerprint density at radius 2 is 2.00 bits per heavy atom. The quantitative estimate of drug-likeness (QED) is 0.907. The van der Waals surface area contributed by atoms with Crippen LogP contribution in [-0.2, 0) is 19.7 Å². The van der Waals surface area contributed by atoms with E-state index in [4.69, 9.17) is 4.74 Å². The van der Waals surface area contributed by atoms with Crippen LogP contribution in [0.5, 0.6) is 0 Å². The number of likely N-dealkylation sites (tertiary alicyclic amines) is 1. The van der Waals surface area contributed by atoms with E-state index >= 15 is 0 Å². The third kappa shape index (κ3) is 3.43. The molecule has 2 heterocycles. The summed E-state index contributed by atoms with van der Waals surface area (Å²) in [4.78, 5) is 25.6. The van der Waals surface area contributed by atoms with Crippen LogP contribution in [0.25, 0.3) is 0 Å². The van der Waals surface area contributed by atoms with E-state index in [9.17, 15) is 14.0 Å². The van der Waals surface area contributed by atoms with Crippen molar-refractivity contribution >= 4 is 11.8 Å². The van der Waals surface area contributed by atoms with Crippen LogP contribution in [-0.4, -0.2) is 50.1 Å². The maximum absolute atomic E-state index is 13.2. The van der Waals surface area contributed by atoms with E-state index in [1.54, 1.807) is 24.1 Å². The van der Waals surface area contributed by atoms with Crippen molar-refractivity contribution in [3.63, 3.8) is 0 Å². The number of halogens is 1. The van der Waals surface area contributed by atoms with Crippen LogP contribution in [0.4, 0.5) is 4.39 Å². The van der Waals surface area contributed by atoms with Gasteiger partial charge in [-0.15, -0.1) is 0 Å². The maximum atomic E-state index is 13.2. The third-order valence-electron chi connectivity index (χ3n) is 5.22. The Hall–Kier alpha value is -1.95. The van der Waals surface area contributed by atoms with Gasteiger partial charge in [0.15, 0.2) is 0 Å². The highest BCUT2D eigenvalue weighted by Crippen LogP contribution is 2.34. The number of nitrogens with one attached hydrogen (secondary N) is 1. The molecule has 2 aliphatic rings. The van der Waals surface area contributed by atoms with Crippen molar-refractivity contribution in [3.8, 4) is 0 Å². The van der Waals surface area contributed by atoms with Gasteiger partial charge in [-0.1, -0.05) is 12.1 Å². The standard InChI is InChI=1S/C18H23FN2O3/c1-21-11-13(10-16(21)22)17(23)20-12-18(6-8-24-9-7-18)14-2-4-15(19)5-3-14/h2-5,13H,6-12H2,1H3,(H,20,23)/t13-/m1/s1. The van der Waals surface area contributed by atoms with Crippen molar-refractivity contribution in [2.75, 3.05) is 33.4 Å². The van der Waals surface area contributed by atoms with Crippen molar-refractivity contribution < 1.29 is 18.7 Å². The first-order chi connectivity index (χ1) is 11.5. The lowest BCUT2D eigenvalue weighted by atomic mass is 9.74. The van der Waals surface area contributed by atoms with Gasteiger partial charge in [-0.3, -0.25) is 9.59 Å². The summed E-state index contributed by atoms with van der Waals surface area (Å²) < 4.78 is 18.7. The molecule has 3 rings (SSSR count). The summed E-state index contributed by atoms with van der Waals surface area (Å²) in [5, 5.41) is 3.02. The summed E-state index contributed by atoms with van der Waals surface area (Å²) in [5.74, 6) is -0.625. The molecule has 2 saturated heterocycles. The summed E-state index contributed by atoms with van der Waals surface area (Å²) in [6, 6.07) is 6.50. The first kappa shape index (κ1) is 16.9. The smallest absolute Gasteiger partial charge is 0.225 e. The predicted molar refractivity (Wildman–Crippen MR) is 86.9 cm³/mol. The Morgan fingerprint density at radius 3 is 2.58 bits per heavy atom. The first-order valence-electron chi connectivity index (χ1n) is 8.36. The van der Waals surface area contributed by atoms with Crippen molar-refractivity contribution in [2.45, 2.75) is 24.7 Å². The molecule has 0 radical (unpaired) electrons. The average molecular weight is 334 g/mol. The molecule has 130 valence electrons. The molecule has 5 nitrogen and oxygen atoms in total. The van der Waals surface area contributed by atoms with Gasteiger partial charge in [-0.25, -0.2) is 4.39 Å². The predicted octanol–water partition coefficient (Wildman–Crippen LogP) is 1.47. The molecular formula is C18H23FN2O3. The van der Waals surface area contributed by atoms with E-state index in [1.807, 2.05) is 0 Å². The summed E-state index contributed by atoms with van der Waals surface area (Å²) in [7, 11) is 1.72. The monoisotopic (exact) mass is 334 g/mol. The Balaban J connectivity index is 1.70. The van der Waals surface area contributed by atoms with Gasteiger partial charge in [0.2, 0.25) is 11.8 Å². The van der Waals surface area contributed by atoms with Crippen LogP contribution >= 0.6 is 0 Å². The zero-order chi connectivity index (χ0) is 17.2. The fourth-order valence-electron chi connectivity index (χ4n) is 3.57. The highest BCUT2D eigenvalue weighted by molar-refractivity contribution is 5.89. The van der Waals surface area contributed by atoms with Gasteiger partial charge in [0, 0.05) is 45.2 Å². The Bertz CT molecular complexity index is 611. The highest BCUT2D eigenvalue weighted by atomic mass is 19.1. The molecule has 0 saturated carbocycles. The summed E-state index contributed by atoms with van der Waals surface area (Å²) in [5.41, 5.74) is 0.781.